The quantitative estimate of drug-likeness (QED) is 0.0569. The molecular formula is C44H66O8. The van der Waals surface area contributed by atoms with Crippen molar-refractivity contribution in [2.45, 2.75) is 117 Å². The number of aldehydes is 2. The summed E-state index contributed by atoms with van der Waals surface area (Å²) in [6.07, 6.45) is 7.84. The fourth-order valence-electron chi connectivity index (χ4n) is 6.37. The Bertz CT molecular complexity index is 1330. The summed E-state index contributed by atoms with van der Waals surface area (Å²) >= 11 is 0. The molecule has 0 aliphatic rings. The minimum absolute atomic E-state index is 0.167. The number of hydrogen-bond acceptors (Lipinski definition) is 8. The van der Waals surface area contributed by atoms with Crippen LogP contribution in [-0.2, 0) is 41.0 Å². The summed E-state index contributed by atoms with van der Waals surface area (Å²) in [4.78, 5) is 24.4. The molecule has 2 rings (SSSR count). The molecule has 0 aliphatic heterocycles. The highest BCUT2D eigenvalue weighted by atomic mass is 16.6. The topological polar surface area (TPSA) is 89.5 Å². The molecule has 0 N–H and O–H groups in total. The van der Waals surface area contributed by atoms with Gasteiger partial charge >= 0.3 is 0 Å². The summed E-state index contributed by atoms with van der Waals surface area (Å²) < 4.78 is 37.1. The van der Waals surface area contributed by atoms with Crippen molar-refractivity contribution in [3.05, 3.63) is 83.0 Å². The van der Waals surface area contributed by atoms with E-state index >= 15 is 0 Å². The highest BCUT2D eigenvalue weighted by Gasteiger charge is 2.37. The van der Waals surface area contributed by atoms with Crippen LogP contribution in [0.2, 0.25) is 0 Å². The number of carbonyl (C=O) groups is 2. The first kappa shape index (κ1) is 44.9. The summed E-state index contributed by atoms with van der Waals surface area (Å²) in [6, 6.07) is 8.07. The van der Waals surface area contributed by atoms with Gasteiger partial charge in [0.15, 0.2) is 12.6 Å². The Morgan fingerprint density at radius 1 is 0.538 bits per heavy atom. The molecule has 2 aromatic rings. The number of benzene rings is 2. The van der Waals surface area contributed by atoms with Crippen molar-refractivity contribution < 1.29 is 38.0 Å². The van der Waals surface area contributed by atoms with E-state index in [2.05, 4.69) is 94.5 Å². The van der Waals surface area contributed by atoms with Crippen molar-refractivity contribution in [3.63, 3.8) is 0 Å². The third-order valence-corrected chi connectivity index (χ3v) is 9.76. The van der Waals surface area contributed by atoms with Gasteiger partial charge in [0.2, 0.25) is 0 Å². The second kappa shape index (κ2) is 20.8. The first-order valence-corrected chi connectivity index (χ1v) is 18.9. The average Bonchev–Trinajstić information content (AvgIpc) is 3.12. The van der Waals surface area contributed by atoms with Crippen LogP contribution in [0.5, 0.6) is 11.5 Å². The van der Waals surface area contributed by atoms with Crippen LogP contribution in [0.3, 0.4) is 0 Å². The smallest absolute Gasteiger partial charge is 0.153 e. The van der Waals surface area contributed by atoms with E-state index in [9.17, 15) is 9.59 Å². The number of rotatable bonds is 25. The molecule has 0 heterocycles. The predicted octanol–water partition coefficient (Wildman–Crippen LogP) is 9.83. The highest BCUT2D eigenvalue weighted by Crippen LogP contribution is 2.44. The van der Waals surface area contributed by atoms with E-state index in [1.54, 1.807) is 12.2 Å². The minimum Gasteiger partial charge on any atom is -0.488 e. The van der Waals surface area contributed by atoms with Gasteiger partial charge in [-0.05, 0) is 71.9 Å². The van der Waals surface area contributed by atoms with E-state index in [-0.39, 0.29) is 24.0 Å². The molecule has 52 heavy (non-hydrogen) atoms. The van der Waals surface area contributed by atoms with Gasteiger partial charge in [-0.2, -0.15) is 0 Å². The lowest BCUT2D eigenvalue weighted by Crippen LogP contribution is -2.32. The Morgan fingerprint density at radius 2 is 0.865 bits per heavy atom. The molecule has 0 fully saturated rings. The molecule has 0 amide bonds. The molecule has 8 heteroatoms. The monoisotopic (exact) mass is 722 g/mol. The Balaban J connectivity index is 2.05. The van der Waals surface area contributed by atoms with E-state index in [0.29, 0.717) is 88.0 Å². The van der Waals surface area contributed by atoms with Crippen molar-refractivity contribution in [1.82, 2.24) is 0 Å². The van der Waals surface area contributed by atoms with Crippen LogP contribution in [-0.4, -0.2) is 65.4 Å². The fraction of sp³-hybridized carbons (Fsp3) is 0.591. The predicted molar refractivity (Wildman–Crippen MR) is 211 cm³/mol. The first-order chi connectivity index (χ1) is 24.7. The summed E-state index contributed by atoms with van der Waals surface area (Å²) in [5.41, 5.74) is 3.21. The molecule has 0 radical (unpaired) electrons. The van der Waals surface area contributed by atoms with Gasteiger partial charge in [0.05, 0.1) is 62.0 Å². The standard InChI is InChI=1S/C44H66O8/c1-13-19-49-39-33(31-45)27-35(41(7,8)9)29-37(39)43(15-3,16-4)51-25-23-47-21-22-48-24-26-52-44(17-5,18-6)38-30-36(42(10,11)12)28-34(32-46)40(38)50-20-14-2/h13-14,27-32H,1-2,15-26H2,3-12H3. The van der Waals surface area contributed by atoms with Crippen LogP contribution < -0.4 is 9.47 Å². The molecule has 0 unspecified atom stereocenters. The molecule has 0 aromatic heterocycles. The van der Waals surface area contributed by atoms with Gasteiger partial charge in [-0.25, -0.2) is 0 Å². The molecule has 290 valence electrons. The largest absolute Gasteiger partial charge is 0.488 e. The Hall–Kier alpha value is -3.30. The van der Waals surface area contributed by atoms with Crippen molar-refractivity contribution in [2.24, 2.45) is 0 Å². The van der Waals surface area contributed by atoms with Crippen LogP contribution >= 0.6 is 0 Å². The van der Waals surface area contributed by atoms with E-state index in [0.717, 1.165) is 34.8 Å². The normalized spacial score (nSPS) is 12.4. The molecule has 0 saturated heterocycles. The fourth-order valence-corrected chi connectivity index (χ4v) is 6.37. The van der Waals surface area contributed by atoms with Gasteiger partial charge in [0.25, 0.3) is 0 Å². The summed E-state index contributed by atoms with van der Waals surface area (Å²) in [5, 5.41) is 0. The number of hydrogen-bond donors (Lipinski definition) is 0. The molecule has 8 nitrogen and oxygen atoms in total. The van der Waals surface area contributed by atoms with Crippen LogP contribution in [0.15, 0.2) is 49.6 Å². The maximum Gasteiger partial charge on any atom is 0.153 e. The Labute approximate surface area is 314 Å². The highest BCUT2D eigenvalue weighted by molar-refractivity contribution is 5.82. The van der Waals surface area contributed by atoms with Gasteiger partial charge < -0.3 is 28.4 Å². The van der Waals surface area contributed by atoms with E-state index in [1.807, 2.05) is 12.1 Å². The molecule has 0 bridgehead atoms. The van der Waals surface area contributed by atoms with Crippen LogP contribution in [0.4, 0.5) is 0 Å². The van der Waals surface area contributed by atoms with Crippen LogP contribution in [0.1, 0.15) is 138 Å². The molecule has 2 aromatic carbocycles. The van der Waals surface area contributed by atoms with E-state index < -0.39 is 11.2 Å². The minimum atomic E-state index is -0.659. The lowest BCUT2D eigenvalue weighted by atomic mass is 9.79. The molecule has 0 atom stereocenters. The van der Waals surface area contributed by atoms with E-state index in [1.165, 1.54) is 0 Å². The van der Waals surface area contributed by atoms with Gasteiger partial charge in [0.1, 0.15) is 24.7 Å². The van der Waals surface area contributed by atoms with Crippen molar-refractivity contribution in [3.8, 4) is 11.5 Å². The van der Waals surface area contributed by atoms with Crippen molar-refractivity contribution >= 4 is 12.6 Å². The van der Waals surface area contributed by atoms with Gasteiger partial charge in [0, 0.05) is 11.1 Å². The summed E-state index contributed by atoms with van der Waals surface area (Å²) in [6.45, 7) is 31.6. The summed E-state index contributed by atoms with van der Waals surface area (Å²) in [5.74, 6) is 1.09. The zero-order valence-corrected chi connectivity index (χ0v) is 33.8. The molecular weight excluding hydrogens is 656 g/mol. The van der Waals surface area contributed by atoms with Gasteiger partial charge in [-0.15, -0.1) is 0 Å². The zero-order valence-electron chi connectivity index (χ0n) is 33.8. The third-order valence-electron chi connectivity index (χ3n) is 9.76. The first-order valence-electron chi connectivity index (χ1n) is 18.9. The van der Waals surface area contributed by atoms with E-state index in [4.69, 9.17) is 28.4 Å². The number of carbonyl (C=O) groups excluding carboxylic acids is 2. The van der Waals surface area contributed by atoms with Crippen LogP contribution in [0.25, 0.3) is 0 Å². The van der Waals surface area contributed by atoms with Gasteiger partial charge in [-0.3, -0.25) is 9.59 Å². The second-order valence-electron chi connectivity index (χ2n) is 15.1. The Morgan fingerprint density at radius 3 is 1.13 bits per heavy atom. The lowest BCUT2D eigenvalue weighted by molar-refractivity contribution is -0.0917. The third kappa shape index (κ3) is 11.6. The second-order valence-corrected chi connectivity index (χ2v) is 15.1. The maximum atomic E-state index is 12.2. The molecule has 0 spiro atoms. The van der Waals surface area contributed by atoms with Crippen molar-refractivity contribution in [1.29, 1.82) is 0 Å². The zero-order chi connectivity index (χ0) is 39.0. The molecule has 0 saturated carbocycles. The SMILES string of the molecule is C=CCOc1c(C=O)cc(C(C)(C)C)cc1C(CC)(CC)OCCOCCOCCOC(CC)(CC)c1cc(C(C)(C)C)cc(C=O)c1OCC=C. The average molecular weight is 723 g/mol. The molecule has 0 aliphatic carbocycles. The summed E-state index contributed by atoms with van der Waals surface area (Å²) in [7, 11) is 0. The maximum absolute atomic E-state index is 12.2. The van der Waals surface area contributed by atoms with Crippen molar-refractivity contribution in [2.75, 3.05) is 52.9 Å². The van der Waals surface area contributed by atoms with Crippen LogP contribution in [0, 0.1) is 0 Å². The lowest BCUT2D eigenvalue weighted by Gasteiger charge is -2.36. The Kier molecular flexibility index (Phi) is 18.0. The van der Waals surface area contributed by atoms with Gasteiger partial charge in [-0.1, -0.05) is 94.5 Å². The number of ether oxygens (including phenoxy) is 6.